The van der Waals surface area contributed by atoms with Gasteiger partial charge in [0.1, 0.15) is 11.9 Å². The first-order valence-corrected chi connectivity index (χ1v) is 12.5. The molecule has 1 aliphatic rings. The molecule has 1 aromatic heterocycles. The minimum Gasteiger partial charge on any atom is -0.383 e. The molecule has 0 saturated carbocycles. The molecular weight excluding hydrogens is 489 g/mol. The smallest absolute Gasteiger partial charge is 0.123 e. The van der Waals surface area contributed by atoms with Gasteiger partial charge in [-0.25, -0.2) is 4.39 Å². The van der Waals surface area contributed by atoms with Crippen LogP contribution in [0.3, 0.4) is 0 Å². The number of aromatic nitrogens is 1. The second-order valence-electron chi connectivity index (χ2n) is 10.2. The zero-order valence-electron chi connectivity index (χ0n) is 21.4. The van der Waals surface area contributed by atoms with Gasteiger partial charge in [-0.3, -0.25) is 9.99 Å². The summed E-state index contributed by atoms with van der Waals surface area (Å²) in [5, 5.41) is 19.7. The van der Waals surface area contributed by atoms with E-state index in [1.165, 1.54) is 12.1 Å². The molecule has 0 fully saturated rings. The van der Waals surface area contributed by atoms with Crippen LogP contribution in [0.4, 0.5) is 15.8 Å². The summed E-state index contributed by atoms with van der Waals surface area (Å²) in [6, 6.07) is 11.9. The number of nitrogens with one attached hydrogen (secondary N) is 4. The quantitative estimate of drug-likeness (QED) is 0.266. The minimum atomic E-state index is -0.366. The summed E-state index contributed by atoms with van der Waals surface area (Å²) < 4.78 is 13.7. The van der Waals surface area contributed by atoms with Gasteiger partial charge >= 0.3 is 0 Å². The Morgan fingerprint density at radius 3 is 2.65 bits per heavy atom. The van der Waals surface area contributed by atoms with Crippen LogP contribution < -0.4 is 21.6 Å². The van der Waals surface area contributed by atoms with Crippen molar-refractivity contribution in [1.82, 2.24) is 21.0 Å². The highest BCUT2D eigenvalue weighted by Crippen LogP contribution is 2.36. The number of hydrazine groups is 2. The average molecular weight is 520 g/mol. The number of hydrogen-bond acceptors (Lipinski definition) is 7. The first-order chi connectivity index (χ1) is 17.6. The molecule has 2 aromatic carbocycles. The molecule has 0 amide bonds. The summed E-state index contributed by atoms with van der Waals surface area (Å²) in [5.41, 5.74) is 11.3. The molecule has 0 saturated heterocycles. The van der Waals surface area contributed by atoms with E-state index in [0.717, 1.165) is 34.5 Å². The van der Waals surface area contributed by atoms with Crippen LogP contribution in [0.1, 0.15) is 51.3 Å². The van der Waals surface area contributed by atoms with Crippen LogP contribution in [0.15, 0.2) is 66.8 Å². The number of pyridine rings is 1. The predicted octanol–water partition coefficient (Wildman–Crippen LogP) is 6.60. The third kappa shape index (κ3) is 5.96. The number of benzene rings is 2. The third-order valence-corrected chi connectivity index (χ3v) is 6.29. The standard InChI is InChI=1S/C28H31ClFN7/c1-6-17(2)37-15-24(35-36-37)26(18-7-9-20(30)10-8-18)34-21-11-22-25(33-16-28(3,4)5)19(13-31)14-32-27(22)23(29)12-21/h7-12,14-15,26,34-36H,2,6,16H2,1,3-5H3,(H,32,33)/t26-/m0/s1. The van der Waals surface area contributed by atoms with Crippen molar-refractivity contribution in [3.63, 3.8) is 0 Å². The van der Waals surface area contributed by atoms with Crippen LogP contribution in [0.2, 0.25) is 5.02 Å². The number of halogens is 2. The van der Waals surface area contributed by atoms with Crippen molar-refractivity contribution >= 4 is 33.9 Å². The summed E-state index contributed by atoms with van der Waals surface area (Å²) in [6.45, 7) is 13.1. The maximum absolute atomic E-state index is 13.7. The summed E-state index contributed by atoms with van der Waals surface area (Å²) >= 11 is 6.69. The van der Waals surface area contributed by atoms with Gasteiger partial charge in [0.25, 0.3) is 0 Å². The predicted molar refractivity (Wildman–Crippen MR) is 148 cm³/mol. The molecule has 0 aliphatic carbocycles. The highest BCUT2D eigenvalue weighted by molar-refractivity contribution is 6.35. The van der Waals surface area contributed by atoms with E-state index in [1.807, 2.05) is 24.2 Å². The molecule has 0 bridgehead atoms. The summed E-state index contributed by atoms with van der Waals surface area (Å²) in [6.07, 6.45) is 4.23. The van der Waals surface area contributed by atoms with E-state index in [-0.39, 0.29) is 17.3 Å². The topological polar surface area (TPSA) is 88.0 Å². The molecule has 192 valence electrons. The average Bonchev–Trinajstić information content (AvgIpc) is 3.35. The zero-order chi connectivity index (χ0) is 26.7. The lowest BCUT2D eigenvalue weighted by atomic mass is 9.96. The molecule has 4 rings (SSSR count). The summed E-state index contributed by atoms with van der Waals surface area (Å²) in [5.74, 6) is -0.312. The molecule has 0 radical (unpaired) electrons. The Bertz CT molecular complexity index is 1390. The molecule has 1 aliphatic heterocycles. The Balaban J connectivity index is 1.78. The van der Waals surface area contributed by atoms with E-state index >= 15 is 0 Å². The minimum absolute atomic E-state index is 0.00234. The van der Waals surface area contributed by atoms with Gasteiger partial charge in [-0.2, -0.15) is 5.26 Å². The normalized spacial score (nSPS) is 14.1. The van der Waals surface area contributed by atoms with Gasteiger partial charge in [-0.15, -0.1) is 5.53 Å². The van der Waals surface area contributed by atoms with Crippen LogP contribution in [-0.2, 0) is 0 Å². The fourth-order valence-electron chi connectivity index (χ4n) is 3.95. The van der Waals surface area contributed by atoms with Crippen molar-refractivity contribution in [1.29, 1.82) is 5.26 Å². The van der Waals surface area contributed by atoms with E-state index in [1.54, 1.807) is 24.4 Å². The van der Waals surface area contributed by atoms with Gasteiger partial charge in [-0.05, 0) is 41.7 Å². The van der Waals surface area contributed by atoms with Crippen LogP contribution in [0, 0.1) is 22.6 Å². The van der Waals surface area contributed by atoms with E-state index in [4.69, 9.17) is 11.6 Å². The number of hydrogen-bond donors (Lipinski definition) is 4. The Labute approximate surface area is 222 Å². The molecule has 37 heavy (non-hydrogen) atoms. The Morgan fingerprint density at radius 2 is 2.00 bits per heavy atom. The molecule has 1 atom stereocenters. The van der Waals surface area contributed by atoms with E-state index < -0.39 is 0 Å². The molecule has 2 heterocycles. The van der Waals surface area contributed by atoms with E-state index in [9.17, 15) is 9.65 Å². The monoisotopic (exact) mass is 519 g/mol. The number of nitriles is 1. The van der Waals surface area contributed by atoms with Crippen LogP contribution in [0.25, 0.3) is 10.9 Å². The number of allylic oxidation sites excluding steroid dienone is 1. The molecule has 0 spiro atoms. The lowest BCUT2D eigenvalue weighted by molar-refractivity contribution is 0.327. The SMILES string of the molecule is C=C(CC)N1C=C([C@@H](Nc2cc(Cl)c3ncc(C#N)c(NCC(C)(C)C)c3c2)c2ccc(F)cc2)NN1. The summed E-state index contributed by atoms with van der Waals surface area (Å²) in [4.78, 5) is 4.45. The highest BCUT2D eigenvalue weighted by Gasteiger charge is 2.24. The lowest BCUT2D eigenvalue weighted by Crippen LogP contribution is -2.36. The van der Waals surface area contributed by atoms with Crippen molar-refractivity contribution in [2.24, 2.45) is 5.41 Å². The first-order valence-electron chi connectivity index (χ1n) is 12.1. The summed E-state index contributed by atoms with van der Waals surface area (Å²) in [7, 11) is 0. The van der Waals surface area contributed by atoms with Gasteiger partial charge in [0.15, 0.2) is 0 Å². The van der Waals surface area contributed by atoms with Gasteiger partial charge in [-0.1, -0.05) is 58.0 Å². The third-order valence-electron chi connectivity index (χ3n) is 6.00. The molecule has 7 nitrogen and oxygen atoms in total. The zero-order valence-corrected chi connectivity index (χ0v) is 22.2. The van der Waals surface area contributed by atoms with Gasteiger partial charge in [0.2, 0.25) is 0 Å². The molecule has 4 N–H and O–H groups in total. The maximum Gasteiger partial charge on any atom is 0.123 e. The molecule has 3 aromatic rings. The van der Waals surface area contributed by atoms with E-state index in [2.05, 4.69) is 60.0 Å². The Kier molecular flexibility index (Phi) is 7.58. The first kappa shape index (κ1) is 26.3. The maximum atomic E-state index is 13.7. The molecule has 0 unspecified atom stereocenters. The van der Waals surface area contributed by atoms with Crippen LogP contribution >= 0.6 is 11.6 Å². The van der Waals surface area contributed by atoms with Crippen molar-refractivity contribution in [3.05, 3.63) is 88.7 Å². The largest absolute Gasteiger partial charge is 0.383 e. The van der Waals surface area contributed by atoms with Crippen molar-refractivity contribution in [2.45, 2.75) is 40.2 Å². The fraction of sp³-hybridized carbons (Fsp3) is 0.286. The van der Waals surface area contributed by atoms with Crippen LogP contribution in [-0.4, -0.2) is 16.5 Å². The van der Waals surface area contributed by atoms with Gasteiger partial charge in [0.05, 0.1) is 33.5 Å². The van der Waals surface area contributed by atoms with E-state index in [0.29, 0.717) is 28.3 Å². The Hall–Kier alpha value is -3.80. The fourth-order valence-corrected chi connectivity index (χ4v) is 4.22. The van der Waals surface area contributed by atoms with Crippen LogP contribution in [0.5, 0.6) is 0 Å². The number of rotatable bonds is 8. The molecular formula is C28H31ClFN7. The second-order valence-corrected chi connectivity index (χ2v) is 10.6. The Morgan fingerprint density at radius 1 is 1.27 bits per heavy atom. The number of anilines is 2. The second kappa shape index (κ2) is 10.7. The van der Waals surface area contributed by atoms with Crippen molar-refractivity contribution in [2.75, 3.05) is 17.2 Å². The highest BCUT2D eigenvalue weighted by atomic mass is 35.5. The van der Waals surface area contributed by atoms with Gasteiger partial charge < -0.3 is 16.1 Å². The van der Waals surface area contributed by atoms with Gasteiger partial charge in [0, 0.05) is 35.7 Å². The lowest BCUT2D eigenvalue weighted by Gasteiger charge is -2.23. The van der Waals surface area contributed by atoms with Crippen molar-refractivity contribution in [3.8, 4) is 6.07 Å². The number of fused-ring (bicyclic) bond motifs is 1. The number of nitrogens with zero attached hydrogens (tertiary/aromatic N) is 3. The molecule has 9 heteroatoms. The van der Waals surface area contributed by atoms with Crippen molar-refractivity contribution < 1.29 is 4.39 Å².